The van der Waals surface area contributed by atoms with E-state index in [-0.39, 0.29) is 5.82 Å². The molecule has 1 aromatic heterocycles. The lowest BCUT2D eigenvalue weighted by molar-refractivity contribution is 0.626. The summed E-state index contributed by atoms with van der Waals surface area (Å²) < 4.78 is 15.2. The number of benzene rings is 2. The standard InChI is InChI=1S/C17H16ClFN2/c18-16-10-14(19)5-4-13(16)11-21-9-7-15-12(6-8-20)2-1-3-17(15)21/h1-5,7,9-10H,6,8,11,20H2. The van der Waals surface area contributed by atoms with Crippen LogP contribution in [0.25, 0.3) is 10.9 Å². The summed E-state index contributed by atoms with van der Waals surface area (Å²) in [5, 5.41) is 1.66. The smallest absolute Gasteiger partial charge is 0.124 e. The zero-order valence-corrected chi connectivity index (χ0v) is 12.3. The third kappa shape index (κ3) is 2.80. The van der Waals surface area contributed by atoms with Crippen LogP contribution in [-0.2, 0) is 13.0 Å². The lowest BCUT2D eigenvalue weighted by atomic mass is 10.1. The van der Waals surface area contributed by atoms with Crippen LogP contribution in [0.3, 0.4) is 0 Å². The number of hydrogen-bond acceptors (Lipinski definition) is 1. The molecule has 108 valence electrons. The van der Waals surface area contributed by atoms with Crippen molar-refractivity contribution in [3.05, 3.63) is 70.6 Å². The molecule has 0 fully saturated rings. The normalized spacial score (nSPS) is 11.2. The molecular weight excluding hydrogens is 287 g/mol. The van der Waals surface area contributed by atoms with Gasteiger partial charge in [-0.3, -0.25) is 0 Å². The minimum Gasteiger partial charge on any atom is -0.343 e. The van der Waals surface area contributed by atoms with Gasteiger partial charge in [0.05, 0.1) is 0 Å². The van der Waals surface area contributed by atoms with E-state index in [1.807, 2.05) is 12.3 Å². The Balaban J connectivity index is 1.99. The van der Waals surface area contributed by atoms with Crippen molar-refractivity contribution in [2.45, 2.75) is 13.0 Å². The summed E-state index contributed by atoms with van der Waals surface area (Å²) >= 11 is 6.11. The second-order valence-corrected chi connectivity index (χ2v) is 5.48. The van der Waals surface area contributed by atoms with Crippen molar-refractivity contribution in [3.63, 3.8) is 0 Å². The number of nitrogens with two attached hydrogens (primary N) is 1. The van der Waals surface area contributed by atoms with E-state index in [2.05, 4.69) is 22.8 Å². The fourth-order valence-corrected chi connectivity index (χ4v) is 2.86. The van der Waals surface area contributed by atoms with Gasteiger partial charge in [0.1, 0.15) is 5.82 Å². The SMILES string of the molecule is NCCc1cccc2c1ccn2Cc1ccc(F)cc1Cl. The van der Waals surface area contributed by atoms with Crippen molar-refractivity contribution >= 4 is 22.5 Å². The summed E-state index contributed by atoms with van der Waals surface area (Å²) in [6, 6.07) is 12.8. The molecule has 3 aromatic rings. The van der Waals surface area contributed by atoms with Crippen molar-refractivity contribution < 1.29 is 4.39 Å². The van der Waals surface area contributed by atoms with Gasteiger partial charge in [-0.15, -0.1) is 0 Å². The first-order chi connectivity index (χ1) is 10.2. The predicted molar refractivity (Wildman–Crippen MR) is 85.2 cm³/mol. The Morgan fingerprint density at radius 3 is 2.71 bits per heavy atom. The average Bonchev–Trinajstić information content (AvgIpc) is 2.87. The lowest BCUT2D eigenvalue weighted by Crippen LogP contribution is -2.03. The molecule has 0 spiro atoms. The second kappa shape index (κ2) is 5.88. The van der Waals surface area contributed by atoms with Gasteiger partial charge in [0.2, 0.25) is 0 Å². The van der Waals surface area contributed by atoms with E-state index in [0.717, 1.165) is 17.5 Å². The molecule has 0 bridgehead atoms. The molecule has 0 aliphatic rings. The number of hydrogen-bond donors (Lipinski definition) is 1. The lowest BCUT2D eigenvalue weighted by Gasteiger charge is -2.09. The Kier molecular flexibility index (Phi) is 3.95. The third-order valence-electron chi connectivity index (χ3n) is 3.67. The van der Waals surface area contributed by atoms with Crippen LogP contribution in [0.5, 0.6) is 0 Å². The maximum atomic E-state index is 13.1. The summed E-state index contributed by atoms with van der Waals surface area (Å²) in [7, 11) is 0. The Morgan fingerprint density at radius 2 is 1.95 bits per heavy atom. The van der Waals surface area contributed by atoms with Gasteiger partial charge in [0.25, 0.3) is 0 Å². The van der Waals surface area contributed by atoms with Gasteiger partial charge in [0, 0.05) is 28.7 Å². The topological polar surface area (TPSA) is 30.9 Å². The molecule has 2 N–H and O–H groups in total. The van der Waals surface area contributed by atoms with Crippen molar-refractivity contribution in [1.29, 1.82) is 0 Å². The zero-order valence-electron chi connectivity index (χ0n) is 11.5. The Morgan fingerprint density at radius 1 is 1.10 bits per heavy atom. The molecule has 2 nitrogen and oxygen atoms in total. The molecule has 2 aromatic carbocycles. The van der Waals surface area contributed by atoms with E-state index in [1.165, 1.54) is 23.1 Å². The highest BCUT2D eigenvalue weighted by atomic mass is 35.5. The van der Waals surface area contributed by atoms with Crippen LogP contribution < -0.4 is 5.73 Å². The molecule has 3 rings (SSSR count). The Bertz CT molecular complexity index is 780. The molecule has 0 radical (unpaired) electrons. The van der Waals surface area contributed by atoms with E-state index in [0.29, 0.717) is 18.1 Å². The van der Waals surface area contributed by atoms with Crippen LogP contribution in [0.1, 0.15) is 11.1 Å². The van der Waals surface area contributed by atoms with Gasteiger partial charge in [-0.1, -0.05) is 29.8 Å². The van der Waals surface area contributed by atoms with Crippen LogP contribution in [0, 0.1) is 5.82 Å². The second-order valence-electron chi connectivity index (χ2n) is 5.07. The molecule has 0 saturated carbocycles. The third-order valence-corrected chi connectivity index (χ3v) is 4.03. The molecule has 0 saturated heterocycles. The van der Waals surface area contributed by atoms with Crippen LogP contribution >= 0.6 is 11.6 Å². The number of nitrogens with zero attached hydrogens (tertiary/aromatic N) is 1. The van der Waals surface area contributed by atoms with E-state index in [4.69, 9.17) is 17.3 Å². The molecule has 21 heavy (non-hydrogen) atoms. The molecule has 1 heterocycles. The number of rotatable bonds is 4. The van der Waals surface area contributed by atoms with Crippen molar-refractivity contribution in [2.24, 2.45) is 5.73 Å². The van der Waals surface area contributed by atoms with Crippen LogP contribution in [-0.4, -0.2) is 11.1 Å². The largest absolute Gasteiger partial charge is 0.343 e. The van der Waals surface area contributed by atoms with E-state index in [9.17, 15) is 4.39 Å². The molecule has 0 amide bonds. The van der Waals surface area contributed by atoms with E-state index < -0.39 is 0 Å². The zero-order chi connectivity index (χ0) is 14.8. The van der Waals surface area contributed by atoms with E-state index >= 15 is 0 Å². The van der Waals surface area contributed by atoms with Crippen LogP contribution in [0.2, 0.25) is 5.02 Å². The maximum absolute atomic E-state index is 13.1. The summed E-state index contributed by atoms with van der Waals surface area (Å²) in [6.45, 7) is 1.25. The molecule has 4 heteroatoms. The van der Waals surface area contributed by atoms with Gasteiger partial charge >= 0.3 is 0 Å². The van der Waals surface area contributed by atoms with Crippen LogP contribution in [0.4, 0.5) is 4.39 Å². The van der Waals surface area contributed by atoms with Crippen molar-refractivity contribution in [2.75, 3.05) is 6.54 Å². The molecular formula is C17H16ClFN2. The first-order valence-electron chi connectivity index (χ1n) is 6.90. The minimum absolute atomic E-state index is 0.314. The van der Waals surface area contributed by atoms with Gasteiger partial charge in [-0.05, 0) is 48.4 Å². The first-order valence-corrected chi connectivity index (χ1v) is 7.27. The molecule has 0 aliphatic heterocycles. The highest BCUT2D eigenvalue weighted by Gasteiger charge is 2.08. The van der Waals surface area contributed by atoms with Crippen LogP contribution in [0.15, 0.2) is 48.7 Å². The summed E-state index contributed by atoms with van der Waals surface area (Å²) in [5.74, 6) is -0.314. The number of halogens is 2. The quantitative estimate of drug-likeness (QED) is 0.776. The van der Waals surface area contributed by atoms with Gasteiger partial charge < -0.3 is 10.3 Å². The molecule has 0 unspecified atom stereocenters. The average molecular weight is 303 g/mol. The summed E-state index contributed by atoms with van der Waals surface area (Å²) in [5.41, 5.74) is 8.95. The minimum atomic E-state index is -0.314. The summed E-state index contributed by atoms with van der Waals surface area (Å²) in [6.07, 6.45) is 2.89. The predicted octanol–water partition coefficient (Wildman–Crippen LogP) is 3.98. The highest BCUT2D eigenvalue weighted by Crippen LogP contribution is 2.24. The Labute approximate surface area is 127 Å². The highest BCUT2D eigenvalue weighted by molar-refractivity contribution is 6.31. The number of aromatic nitrogens is 1. The van der Waals surface area contributed by atoms with Gasteiger partial charge in [-0.2, -0.15) is 0 Å². The monoisotopic (exact) mass is 302 g/mol. The van der Waals surface area contributed by atoms with Gasteiger partial charge in [-0.25, -0.2) is 4.39 Å². The van der Waals surface area contributed by atoms with Gasteiger partial charge in [0.15, 0.2) is 0 Å². The van der Waals surface area contributed by atoms with E-state index in [1.54, 1.807) is 6.07 Å². The summed E-state index contributed by atoms with van der Waals surface area (Å²) in [4.78, 5) is 0. The first kappa shape index (κ1) is 14.1. The van der Waals surface area contributed by atoms with Crippen molar-refractivity contribution in [1.82, 2.24) is 4.57 Å². The van der Waals surface area contributed by atoms with Crippen molar-refractivity contribution in [3.8, 4) is 0 Å². The fraction of sp³-hybridized carbons (Fsp3) is 0.176. The fourth-order valence-electron chi connectivity index (χ4n) is 2.63. The Hall–Kier alpha value is -1.84. The molecule has 0 atom stereocenters. The maximum Gasteiger partial charge on any atom is 0.124 e. The number of fused-ring (bicyclic) bond motifs is 1. The molecule has 0 aliphatic carbocycles.